The molecule has 164 valence electrons. The van der Waals surface area contributed by atoms with Crippen molar-refractivity contribution in [1.82, 2.24) is 10.2 Å². The van der Waals surface area contributed by atoms with E-state index in [2.05, 4.69) is 5.32 Å². The first-order valence-corrected chi connectivity index (χ1v) is 11.3. The summed E-state index contributed by atoms with van der Waals surface area (Å²) in [6.45, 7) is 0.231. The van der Waals surface area contributed by atoms with Crippen LogP contribution in [0.2, 0.25) is 0 Å². The van der Waals surface area contributed by atoms with E-state index < -0.39 is 11.8 Å². The topological polar surface area (TPSA) is 66.5 Å². The van der Waals surface area contributed by atoms with Gasteiger partial charge in [0, 0.05) is 13.1 Å². The molecule has 0 radical (unpaired) electrons. The number of carbonyl (C=O) groups is 3. The van der Waals surface area contributed by atoms with E-state index in [9.17, 15) is 18.8 Å². The van der Waals surface area contributed by atoms with Crippen LogP contribution in [0.15, 0.2) is 77.7 Å². The highest BCUT2D eigenvalue weighted by Crippen LogP contribution is 2.44. The third kappa shape index (κ3) is 3.96. The Balaban J connectivity index is 1.26. The van der Waals surface area contributed by atoms with Gasteiger partial charge in [-0.2, -0.15) is 0 Å². The minimum Gasteiger partial charge on any atom is -0.353 e. The van der Waals surface area contributed by atoms with Crippen LogP contribution >= 0.6 is 11.8 Å². The van der Waals surface area contributed by atoms with Gasteiger partial charge >= 0.3 is 0 Å². The number of benzene rings is 3. The van der Waals surface area contributed by atoms with Gasteiger partial charge in [0.2, 0.25) is 5.91 Å². The minimum atomic E-state index is -0.425. The molecular formula is C26H19FN2O3S. The Labute approximate surface area is 194 Å². The monoisotopic (exact) mass is 458 g/mol. The van der Waals surface area contributed by atoms with Gasteiger partial charge in [-0.05, 0) is 57.8 Å². The van der Waals surface area contributed by atoms with Crippen LogP contribution in [0, 0.1) is 5.82 Å². The Hall–Kier alpha value is -3.71. The summed E-state index contributed by atoms with van der Waals surface area (Å²) in [7, 11) is 0. The van der Waals surface area contributed by atoms with Crippen LogP contribution in [0.5, 0.6) is 0 Å². The van der Waals surface area contributed by atoms with E-state index in [-0.39, 0.29) is 35.0 Å². The molecule has 33 heavy (non-hydrogen) atoms. The van der Waals surface area contributed by atoms with Gasteiger partial charge in [0.25, 0.3) is 11.1 Å². The lowest BCUT2D eigenvalue weighted by atomic mass is 9.96. The maximum absolute atomic E-state index is 13.1. The van der Waals surface area contributed by atoms with Crippen LogP contribution in [0.25, 0.3) is 17.2 Å². The van der Waals surface area contributed by atoms with E-state index in [0.29, 0.717) is 5.56 Å². The molecule has 0 atom stereocenters. The summed E-state index contributed by atoms with van der Waals surface area (Å²) >= 11 is 0.838. The number of nitrogens with zero attached hydrogens (tertiary/aromatic N) is 1. The van der Waals surface area contributed by atoms with Gasteiger partial charge in [-0.15, -0.1) is 0 Å². The smallest absolute Gasteiger partial charge is 0.293 e. The molecule has 7 heteroatoms. The zero-order valence-electron chi connectivity index (χ0n) is 17.5. The van der Waals surface area contributed by atoms with E-state index in [1.54, 1.807) is 18.2 Å². The Morgan fingerprint density at radius 3 is 2.18 bits per heavy atom. The zero-order chi connectivity index (χ0) is 22.9. The van der Waals surface area contributed by atoms with Crippen molar-refractivity contribution in [2.45, 2.75) is 5.92 Å². The maximum Gasteiger partial charge on any atom is 0.293 e. The van der Waals surface area contributed by atoms with Crippen molar-refractivity contribution in [2.75, 3.05) is 13.1 Å². The SMILES string of the molecule is O=C(NCCN1C(=O)S/C(=C\c2ccc(F)cc2)C1=O)C1c2ccccc2-c2ccccc21. The number of hydrogen-bond acceptors (Lipinski definition) is 4. The number of carbonyl (C=O) groups excluding carboxylic acids is 3. The predicted octanol–water partition coefficient (Wildman–Crippen LogP) is 4.79. The molecule has 0 unspecified atom stereocenters. The molecule has 1 aliphatic heterocycles. The van der Waals surface area contributed by atoms with Crippen molar-refractivity contribution in [3.05, 3.63) is 100 Å². The first-order chi connectivity index (χ1) is 16.0. The average molecular weight is 459 g/mol. The fourth-order valence-corrected chi connectivity index (χ4v) is 5.10. The number of imide groups is 1. The number of nitrogens with one attached hydrogen (secondary N) is 1. The molecule has 3 amide bonds. The molecule has 1 N–H and O–H groups in total. The molecular weight excluding hydrogens is 439 g/mol. The lowest BCUT2D eigenvalue weighted by Gasteiger charge is -2.16. The Kier molecular flexibility index (Phi) is 5.56. The summed E-state index contributed by atoms with van der Waals surface area (Å²) in [5.74, 6) is -1.38. The van der Waals surface area contributed by atoms with Crippen molar-refractivity contribution in [2.24, 2.45) is 0 Å². The molecule has 0 saturated carbocycles. The Morgan fingerprint density at radius 1 is 0.939 bits per heavy atom. The quantitative estimate of drug-likeness (QED) is 0.559. The molecule has 3 aromatic rings. The second kappa shape index (κ2) is 8.67. The van der Waals surface area contributed by atoms with Crippen molar-refractivity contribution in [3.8, 4) is 11.1 Å². The van der Waals surface area contributed by atoms with Crippen molar-refractivity contribution >= 4 is 34.9 Å². The molecule has 0 spiro atoms. The van der Waals surface area contributed by atoms with Gasteiger partial charge in [-0.3, -0.25) is 19.3 Å². The van der Waals surface area contributed by atoms with Crippen LogP contribution in [-0.4, -0.2) is 35.0 Å². The van der Waals surface area contributed by atoms with Gasteiger partial charge < -0.3 is 5.32 Å². The molecule has 1 saturated heterocycles. The summed E-state index contributed by atoms with van der Waals surface area (Å²) in [6.07, 6.45) is 1.56. The fraction of sp³-hybridized carbons (Fsp3) is 0.115. The summed E-state index contributed by atoms with van der Waals surface area (Å²) < 4.78 is 13.1. The Morgan fingerprint density at radius 2 is 1.55 bits per heavy atom. The summed E-state index contributed by atoms with van der Waals surface area (Å²) in [5, 5.41) is 2.50. The molecule has 5 nitrogen and oxygen atoms in total. The molecule has 5 rings (SSSR count). The van der Waals surface area contributed by atoms with E-state index in [1.165, 1.54) is 12.1 Å². The summed E-state index contributed by atoms with van der Waals surface area (Å²) in [6, 6.07) is 21.3. The highest BCUT2D eigenvalue weighted by molar-refractivity contribution is 8.18. The number of thioether (sulfide) groups is 1. The highest BCUT2D eigenvalue weighted by Gasteiger charge is 2.36. The second-order valence-corrected chi connectivity index (χ2v) is 8.78. The second-order valence-electron chi connectivity index (χ2n) is 7.78. The molecule has 1 aliphatic carbocycles. The lowest BCUT2D eigenvalue weighted by molar-refractivity contribution is -0.124. The molecule has 0 aromatic heterocycles. The van der Waals surface area contributed by atoms with Gasteiger partial charge in [0.05, 0.1) is 10.8 Å². The predicted molar refractivity (Wildman–Crippen MR) is 126 cm³/mol. The van der Waals surface area contributed by atoms with Gasteiger partial charge in [0.15, 0.2) is 0 Å². The first-order valence-electron chi connectivity index (χ1n) is 10.5. The third-order valence-electron chi connectivity index (χ3n) is 5.77. The van der Waals surface area contributed by atoms with E-state index >= 15 is 0 Å². The minimum absolute atomic E-state index is 0.0766. The number of hydrogen-bond donors (Lipinski definition) is 1. The van der Waals surface area contributed by atoms with Gasteiger partial charge in [-0.25, -0.2) is 4.39 Å². The largest absolute Gasteiger partial charge is 0.353 e. The molecule has 3 aromatic carbocycles. The van der Waals surface area contributed by atoms with Crippen LogP contribution in [0.1, 0.15) is 22.6 Å². The third-order valence-corrected chi connectivity index (χ3v) is 6.68. The maximum atomic E-state index is 13.1. The normalized spacial score (nSPS) is 16.3. The standard InChI is InChI=1S/C26H19FN2O3S/c27-17-11-9-16(10-12-17)15-22-25(31)29(26(32)33-22)14-13-28-24(30)23-20-7-3-1-5-18(20)19-6-2-4-8-21(19)23/h1-12,15,23H,13-14H2,(H,28,30)/b22-15-. The van der Waals surface area contributed by atoms with Gasteiger partial charge in [0.1, 0.15) is 5.82 Å². The number of halogens is 1. The highest BCUT2D eigenvalue weighted by atomic mass is 32.2. The molecule has 1 heterocycles. The number of rotatable bonds is 5. The van der Waals surface area contributed by atoms with E-state index in [0.717, 1.165) is 38.9 Å². The summed E-state index contributed by atoms with van der Waals surface area (Å²) in [5.41, 5.74) is 4.62. The summed E-state index contributed by atoms with van der Waals surface area (Å²) in [4.78, 5) is 39.5. The zero-order valence-corrected chi connectivity index (χ0v) is 18.3. The van der Waals surface area contributed by atoms with E-state index in [4.69, 9.17) is 0 Å². The van der Waals surface area contributed by atoms with Crippen LogP contribution < -0.4 is 5.32 Å². The van der Waals surface area contributed by atoms with Crippen molar-refractivity contribution < 1.29 is 18.8 Å². The van der Waals surface area contributed by atoms with Crippen LogP contribution in [0.3, 0.4) is 0 Å². The van der Waals surface area contributed by atoms with Crippen LogP contribution in [-0.2, 0) is 9.59 Å². The molecule has 0 bridgehead atoms. The Bertz CT molecular complexity index is 1260. The average Bonchev–Trinajstić information content (AvgIpc) is 3.29. The lowest BCUT2D eigenvalue weighted by Crippen LogP contribution is -2.38. The molecule has 2 aliphatic rings. The van der Waals surface area contributed by atoms with Crippen LogP contribution in [0.4, 0.5) is 9.18 Å². The van der Waals surface area contributed by atoms with E-state index in [1.807, 2.05) is 48.5 Å². The first kappa shape index (κ1) is 21.2. The fourth-order valence-electron chi connectivity index (χ4n) is 4.23. The van der Waals surface area contributed by atoms with Gasteiger partial charge in [-0.1, -0.05) is 60.7 Å². The van der Waals surface area contributed by atoms with Crippen molar-refractivity contribution in [1.29, 1.82) is 0 Å². The number of amides is 3. The molecule has 1 fully saturated rings. The van der Waals surface area contributed by atoms with Crippen molar-refractivity contribution in [3.63, 3.8) is 0 Å². The number of fused-ring (bicyclic) bond motifs is 3.